The van der Waals surface area contributed by atoms with Crippen LogP contribution in [0, 0.1) is 0 Å². The molecule has 3 rings (SSSR count). The van der Waals surface area contributed by atoms with Crippen LogP contribution in [0.4, 0.5) is 10.8 Å². The lowest BCUT2D eigenvalue weighted by Gasteiger charge is -2.16. The Balaban J connectivity index is 1.69. The number of benzene rings is 2. The first-order valence-electron chi connectivity index (χ1n) is 9.35. The van der Waals surface area contributed by atoms with E-state index in [-0.39, 0.29) is 5.91 Å². The van der Waals surface area contributed by atoms with Gasteiger partial charge in [-0.2, -0.15) is 0 Å². The minimum atomic E-state index is -0.0946. The molecule has 2 aromatic carbocycles. The van der Waals surface area contributed by atoms with Crippen LogP contribution in [-0.4, -0.2) is 24.0 Å². The lowest BCUT2D eigenvalue weighted by atomic mass is 10.1. The number of hydrogen-bond donors (Lipinski definition) is 1. The number of nitrogens with zero attached hydrogens (tertiary/aromatic N) is 2. The molecule has 0 spiro atoms. The molecule has 3 aromatic rings. The van der Waals surface area contributed by atoms with Gasteiger partial charge in [0, 0.05) is 35.3 Å². The fourth-order valence-corrected chi connectivity index (χ4v) is 3.82. The minimum absolute atomic E-state index is 0.0946. The van der Waals surface area contributed by atoms with Crippen molar-refractivity contribution in [1.82, 2.24) is 4.98 Å². The SMILES string of the molecule is CCc1ccc(C(=O)Nc2ccc(-c3csc(N(CC)CC)n3)cc2)cc1. The molecule has 0 fully saturated rings. The largest absolute Gasteiger partial charge is 0.349 e. The Kier molecular flexibility index (Phi) is 6.24. The topological polar surface area (TPSA) is 45.2 Å². The van der Waals surface area contributed by atoms with E-state index in [1.807, 2.05) is 48.5 Å². The van der Waals surface area contributed by atoms with Crippen LogP contribution in [0.5, 0.6) is 0 Å². The zero-order valence-corrected chi connectivity index (χ0v) is 16.8. The summed E-state index contributed by atoms with van der Waals surface area (Å²) in [7, 11) is 0. The van der Waals surface area contributed by atoms with E-state index in [2.05, 4.69) is 36.4 Å². The molecule has 4 nitrogen and oxygen atoms in total. The number of amides is 1. The van der Waals surface area contributed by atoms with Gasteiger partial charge in [-0.15, -0.1) is 11.3 Å². The summed E-state index contributed by atoms with van der Waals surface area (Å²) < 4.78 is 0. The lowest BCUT2D eigenvalue weighted by Crippen LogP contribution is -2.21. The van der Waals surface area contributed by atoms with Gasteiger partial charge in [-0.3, -0.25) is 4.79 Å². The highest BCUT2D eigenvalue weighted by Crippen LogP contribution is 2.28. The molecule has 0 unspecified atom stereocenters. The summed E-state index contributed by atoms with van der Waals surface area (Å²) in [6.07, 6.45) is 0.968. The molecule has 0 radical (unpaired) electrons. The summed E-state index contributed by atoms with van der Waals surface area (Å²) in [5.41, 5.74) is 4.69. The van der Waals surface area contributed by atoms with E-state index < -0.39 is 0 Å². The molecule has 1 amide bonds. The van der Waals surface area contributed by atoms with E-state index >= 15 is 0 Å². The maximum absolute atomic E-state index is 12.4. The average Bonchev–Trinajstić information content (AvgIpc) is 3.19. The first-order valence-corrected chi connectivity index (χ1v) is 10.2. The van der Waals surface area contributed by atoms with Crippen LogP contribution in [-0.2, 0) is 6.42 Å². The normalized spacial score (nSPS) is 10.6. The maximum Gasteiger partial charge on any atom is 0.255 e. The van der Waals surface area contributed by atoms with Crippen LogP contribution in [0.25, 0.3) is 11.3 Å². The van der Waals surface area contributed by atoms with Crippen molar-refractivity contribution in [3.05, 3.63) is 65.0 Å². The van der Waals surface area contributed by atoms with Crippen molar-refractivity contribution in [2.45, 2.75) is 27.2 Å². The molecule has 0 aliphatic heterocycles. The Morgan fingerprint density at radius 2 is 1.67 bits per heavy atom. The minimum Gasteiger partial charge on any atom is -0.349 e. The van der Waals surface area contributed by atoms with Gasteiger partial charge < -0.3 is 10.2 Å². The molecule has 0 bridgehead atoms. The number of carbonyl (C=O) groups excluding carboxylic acids is 1. The molecule has 0 aliphatic rings. The summed E-state index contributed by atoms with van der Waals surface area (Å²) in [5.74, 6) is -0.0946. The Morgan fingerprint density at radius 3 is 2.26 bits per heavy atom. The fourth-order valence-electron chi connectivity index (χ4n) is 2.86. The summed E-state index contributed by atoms with van der Waals surface area (Å²) in [6, 6.07) is 15.6. The van der Waals surface area contributed by atoms with Crippen molar-refractivity contribution >= 4 is 28.1 Å². The highest BCUT2D eigenvalue weighted by atomic mass is 32.1. The fraction of sp³-hybridized carbons (Fsp3) is 0.273. The van der Waals surface area contributed by atoms with Crippen LogP contribution < -0.4 is 10.2 Å². The third-order valence-electron chi connectivity index (χ3n) is 4.59. The molecule has 1 N–H and O–H groups in total. The average molecular weight is 380 g/mol. The van der Waals surface area contributed by atoms with Gasteiger partial charge in [-0.05, 0) is 50.1 Å². The second-order valence-corrected chi connectivity index (χ2v) is 7.11. The molecule has 1 aromatic heterocycles. The van der Waals surface area contributed by atoms with E-state index in [1.165, 1.54) is 5.56 Å². The molecular weight excluding hydrogens is 354 g/mol. The quantitative estimate of drug-likeness (QED) is 0.592. The van der Waals surface area contributed by atoms with Gasteiger partial charge in [0.2, 0.25) is 0 Å². The highest BCUT2D eigenvalue weighted by molar-refractivity contribution is 7.14. The molecule has 0 aliphatic carbocycles. The molecule has 0 saturated heterocycles. The molecule has 0 atom stereocenters. The Bertz CT molecular complexity index is 881. The highest BCUT2D eigenvalue weighted by Gasteiger charge is 2.10. The van der Waals surface area contributed by atoms with Crippen LogP contribution in [0.3, 0.4) is 0 Å². The summed E-state index contributed by atoms with van der Waals surface area (Å²) in [6.45, 7) is 8.28. The summed E-state index contributed by atoms with van der Waals surface area (Å²) >= 11 is 1.66. The third-order valence-corrected chi connectivity index (χ3v) is 5.49. The van der Waals surface area contributed by atoms with Gasteiger partial charge >= 0.3 is 0 Å². The number of nitrogens with one attached hydrogen (secondary N) is 1. The van der Waals surface area contributed by atoms with Gasteiger partial charge in [0.05, 0.1) is 5.69 Å². The smallest absolute Gasteiger partial charge is 0.255 e. The van der Waals surface area contributed by atoms with Crippen molar-refractivity contribution in [2.75, 3.05) is 23.3 Å². The van der Waals surface area contributed by atoms with E-state index in [0.717, 1.165) is 41.6 Å². The monoisotopic (exact) mass is 379 g/mol. The molecule has 5 heteroatoms. The standard InChI is InChI=1S/C22H25N3OS/c1-4-16-7-9-18(10-8-16)21(26)23-19-13-11-17(12-14-19)20-15-27-22(24-20)25(5-2)6-3/h7-15H,4-6H2,1-3H3,(H,23,26). The van der Waals surface area contributed by atoms with Crippen molar-refractivity contribution in [3.8, 4) is 11.3 Å². The number of thiazole rings is 1. The summed E-state index contributed by atoms with van der Waals surface area (Å²) in [5, 5.41) is 6.08. The Morgan fingerprint density at radius 1 is 1.00 bits per heavy atom. The van der Waals surface area contributed by atoms with Crippen molar-refractivity contribution < 1.29 is 4.79 Å². The first-order chi connectivity index (χ1) is 13.1. The number of anilines is 2. The van der Waals surface area contributed by atoms with Crippen LogP contribution in [0.1, 0.15) is 36.7 Å². The van der Waals surface area contributed by atoms with Crippen LogP contribution >= 0.6 is 11.3 Å². The van der Waals surface area contributed by atoms with Gasteiger partial charge in [0.1, 0.15) is 0 Å². The zero-order chi connectivity index (χ0) is 19.2. The molecule has 140 valence electrons. The van der Waals surface area contributed by atoms with Crippen LogP contribution in [0.2, 0.25) is 0 Å². The predicted octanol–water partition coefficient (Wildman–Crippen LogP) is 5.47. The van der Waals surface area contributed by atoms with Crippen molar-refractivity contribution in [1.29, 1.82) is 0 Å². The lowest BCUT2D eigenvalue weighted by molar-refractivity contribution is 0.102. The second-order valence-electron chi connectivity index (χ2n) is 6.27. The van der Waals surface area contributed by atoms with Gasteiger partial charge in [0.15, 0.2) is 5.13 Å². The Hall–Kier alpha value is -2.66. The number of rotatable bonds is 7. The number of aromatic nitrogens is 1. The van der Waals surface area contributed by atoms with E-state index in [1.54, 1.807) is 11.3 Å². The van der Waals surface area contributed by atoms with E-state index in [9.17, 15) is 4.79 Å². The zero-order valence-electron chi connectivity index (χ0n) is 16.0. The van der Waals surface area contributed by atoms with Gasteiger partial charge in [0.25, 0.3) is 5.91 Å². The van der Waals surface area contributed by atoms with Gasteiger partial charge in [-0.25, -0.2) is 4.98 Å². The molecule has 0 saturated carbocycles. The van der Waals surface area contributed by atoms with Crippen molar-refractivity contribution in [3.63, 3.8) is 0 Å². The van der Waals surface area contributed by atoms with Crippen molar-refractivity contribution in [2.24, 2.45) is 0 Å². The predicted molar refractivity (Wildman–Crippen MR) is 115 cm³/mol. The van der Waals surface area contributed by atoms with E-state index in [0.29, 0.717) is 5.56 Å². The van der Waals surface area contributed by atoms with Gasteiger partial charge in [-0.1, -0.05) is 31.2 Å². The van der Waals surface area contributed by atoms with Crippen LogP contribution in [0.15, 0.2) is 53.9 Å². The van der Waals surface area contributed by atoms with E-state index in [4.69, 9.17) is 4.98 Å². The second kappa shape index (κ2) is 8.82. The third kappa shape index (κ3) is 4.55. The Labute approximate surface area is 164 Å². The maximum atomic E-state index is 12.4. The first kappa shape index (κ1) is 19.1. The summed E-state index contributed by atoms with van der Waals surface area (Å²) in [4.78, 5) is 19.4. The number of aryl methyl sites for hydroxylation is 1. The molecule has 27 heavy (non-hydrogen) atoms. The number of carbonyl (C=O) groups is 1. The molecule has 1 heterocycles. The number of hydrogen-bond acceptors (Lipinski definition) is 4. The molecular formula is C22H25N3OS.